The molecule has 1 aromatic heterocycles. The van der Waals surface area contributed by atoms with Gasteiger partial charge in [-0.25, -0.2) is 10.1 Å². The van der Waals surface area contributed by atoms with Crippen molar-refractivity contribution < 1.29 is 4.79 Å². The van der Waals surface area contributed by atoms with Gasteiger partial charge in [-0.1, -0.05) is 45.9 Å². The number of halogens is 1. The lowest BCUT2D eigenvalue weighted by Gasteiger charge is -2.07. The molecule has 0 atom stereocenters. The Morgan fingerprint density at radius 2 is 1.97 bits per heavy atom. The van der Waals surface area contributed by atoms with Gasteiger partial charge in [-0.15, -0.1) is 10.2 Å². The molecule has 4 N–H and O–H groups in total. The minimum Gasteiger partial charge on any atom is -0.334 e. The van der Waals surface area contributed by atoms with Crippen molar-refractivity contribution in [2.75, 3.05) is 22.3 Å². The molecule has 10 heteroatoms. The van der Waals surface area contributed by atoms with Crippen LogP contribution in [0.4, 0.5) is 11.6 Å². The minimum absolute atomic E-state index is 0.149. The third-order valence-corrected chi connectivity index (χ3v) is 5.51. The van der Waals surface area contributed by atoms with E-state index >= 15 is 0 Å². The third kappa shape index (κ3) is 5.81. The van der Waals surface area contributed by atoms with Crippen molar-refractivity contribution >= 4 is 51.4 Å². The van der Waals surface area contributed by atoms with Crippen LogP contribution in [0.15, 0.2) is 57.2 Å². The van der Waals surface area contributed by atoms with Crippen LogP contribution >= 0.6 is 27.7 Å². The molecule has 0 aliphatic heterocycles. The molecule has 0 unspecified atom stereocenters. The van der Waals surface area contributed by atoms with Crippen LogP contribution in [0.25, 0.3) is 0 Å². The molecule has 0 spiro atoms. The number of nitrogens with one attached hydrogen (secondary N) is 2. The third-order valence-electron chi connectivity index (χ3n) is 4.04. The lowest BCUT2D eigenvalue weighted by molar-refractivity contribution is -0.113. The molecule has 8 nitrogen and oxygen atoms in total. The summed E-state index contributed by atoms with van der Waals surface area (Å²) in [6.07, 6.45) is 1.64. The predicted octanol–water partition coefficient (Wildman–Crippen LogP) is 3.55. The van der Waals surface area contributed by atoms with Crippen molar-refractivity contribution in [1.29, 1.82) is 0 Å². The number of aryl methyl sites for hydroxylation is 2. The summed E-state index contributed by atoms with van der Waals surface area (Å²) in [5.41, 5.74) is 6.72. The number of nitrogens with zero attached hydrogens (tertiary/aromatic N) is 4. The molecule has 29 heavy (non-hydrogen) atoms. The summed E-state index contributed by atoms with van der Waals surface area (Å²) in [5.74, 6) is 6.26. The summed E-state index contributed by atoms with van der Waals surface area (Å²) in [5, 5.41) is 15.3. The van der Waals surface area contributed by atoms with Crippen LogP contribution in [0, 0.1) is 13.8 Å². The van der Waals surface area contributed by atoms with Crippen molar-refractivity contribution in [2.24, 2.45) is 5.10 Å². The lowest BCUT2D eigenvalue weighted by Crippen LogP contribution is -2.17. The first-order valence-electron chi connectivity index (χ1n) is 8.67. The number of nitrogen functional groups attached to an aromatic ring is 1. The number of nitrogens with two attached hydrogens (primary N) is 1. The number of benzene rings is 2. The number of carbonyl (C=O) groups excluding carboxylic acids is 1. The highest BCUT2D eigenvalue weighted by Crippen LogP contribution is 2.18. The van der Waals surface area contributed by atoms with Crippen molar-refractivity contribution in [3.8, 4) is 0 Å². The van der Waals surface area contributed by atoms with Crippen LogP contribution < -0.4 is 16.6 Å². The Morgan fingerprint density at radius 3 is 2.69 bits per heavy atom. The Labute approximate surface area is 181 Å². The van der Waals surface area contributed by atoms with E-state index < -0.39 is 0 Å². The molecule has 3 rings (SSSR count). The number of rotatable bonds is 7. The molecular weight excluding hydrogens is 454 g/mol. The smallest absolute Gasteiger partial charge is 0.264 e. The second-order valence-corrected chi connectivity index (χ2v) is 8.09. The zero-order chi connectivity index (χ0) is 20.8. The number of aromatic nitrogens is 3. The van der Waals surface area contributed by atoms with Gasteiger partial charge in [0.05, 0.1) is 12.0 Å². The highest BCUT2D eigenvalue weighted by atomic mass is 79.9. The number of hydrogen-bond acceptors (Lipinski definition) is 7. The predicted molar refractivity (Wildman–Crippen MR) is 121 cm³/mol. The fourth-order valence-corrected chi connectivity index (χ4v) is 3.23. The number of amides is 1. The molecule has 1 heterocycles. The lowest BCUT2D eigenvalue weighted by atomic mass is 10.1. The fraction of sp³-hybridized carbons (Fsp3) is 0.158. The van der Waals surface area contributed by atoms with Crippen molar-refractivity contribution in [3.05, 3.63) is 63.6 Å². The number of carbonyl (C=O) groups is 1. The summed E-state index contributed by atoms with van der Waals surface area (Å²) >= 11 is 4.57. The molecule has 0 bridgehead atoms. The summed E-state index contributed by atoms with van der Waals surface area (Å²) in [7, 11) is 0. The van der Waals surface area contributed by atoms with E-state index in [2.05, 4.69) is 42.0 Å². The van der Waals surface area contributed by atoms with Gasteiger partial charge in [0, 0.05) is 10.2 Å². The molecule has 0 aliphatic rings. The molecule has 0 saturated carbocycles. The molecule has 0 fully saturated rings. The maximum absolute atomic E-state index is 12.2. The van der Waals surface area contributed by atoms with Crippen LogP contribution in [-0.4, -0.2) is 32.7 Å². The molecule has 150 valence electrons. The summed E-state index contributed by atoms with van der Waals surface area (Å²) in [6, 6.07) is 13.5. The second kappa shape index (κ2) is 9.57. The summed E-state index contributed by atoms with van der Waals surface area (Å²) in [6.45, 7) is 4.03. The van der Waals surface area contributed by atoms with Gasteiger partial charge in [0.1, 0.15) is 0 Å². The van der Waals surface area contributed by atoms with E-state index in [1.54, 1.807) is 6.21 Å². The Morgan fingerprint density at radius 1 is 1.21 bits per heavy atom. The Kier molecular flexibility index (Phi) is 6.89. The van der Waals surface area contributed by atoms with Gasteiger partial charge in [0.25, 0.3) is 5.95 Å². The van der Waals surface area contributed by atoms with E-state index in [9.17, 15) is 4.79 Å². The normalized spacial score (nSPS) is 11.0. The first-order chi connectivity index (χ1) is 13.9. The molecule has 2 aromatic carbocycles. The Hall–Kier alpha value is -2.85. The Bertz CT molecular complexity index is 1030. The van der Waals surface area contributed by atoms with Crippen LogP contribution in [0.5, 0.6) is 0 Å². The Balaban J connectivity index is 1.52. The van der Waals surface area contributed by atoms with E-state index in [4.69, 9.17) is 5.84 Å². The minimum atomic E-state index is -0.149. The van der Waals surface area contributed by atoms with Gasteiger partial charge >= 0.3 is 0 Å². The molecule has 1 amide bonds. The summed E-state index contributed by atoms with van der Waals surface area (Å²) in [4.78, 5) is 12.2. The summed E-state index contributed by atoms with van der Waals surface area (Å²) < 4.78 is 2.25. The van der Waals surface area contributed by atoms with Crippen LogP contribution in [0.3, 0.4) is 0 Å². The van der Waals surface area contributed by atoms with Crippen LogP contribution in [0.2, 0.25) is 0 Å². The second-order valence-electron chi connectivity index (χ2n) is 6.23. The van der Waals surface area contributed by atoms with Crippen molar-refractivity contribution in [2.45, 2.75) is 19.0 Å². The van der Waals surface area contributed by atoms with Crippen LogP contribution in [-0.2, 0) is 4.79 Å². The number of anilines is 2. The maximum Gasteiger partial charge on any atom is 0.264 e. The quantitative estimate of drug-likeness (QED) is 0.209. The van der Waals surface area contributed by atoms with Crippen molar-refractivity contribution in [1.82, 2.24) is 14.9 Å². The highest BCUT2D eigenvalue weighted by molar-refractivity contribution is 9.10. The SMILES string of the molecule is Cc1ccc(NC(=O)CSc2nnc(N/N=C/c3ccc(Br)cc3)n2N)cc1C. The zero-order valence-electron chi connectivity index (χ0n) is 15.9. The average molecular weight is 474 g/mol. The van der Waals surface area contributed by atoms with Gasteiger partial charge < -0.3 is 11.2 Å². The molecular formula is C19H20BrN7OS. The fourth-order valence-electron chi connectivity index (χ4n) is 2.31. The molecule has 0 aliphatic carbocycles. The van der Waals surface area contributed by atoms with Gasteiger partial charge in [-0.3, -0.25) is 4.79 Å². The molecule has 0 saturated heterocycles. The van der Waals surface area contributed by atoms with E-state index in [0.29, 0.717) is 5.16 Å². The highest BCUT2D eigenvalue weighted by Gasteiger charge is 2.12. The molecule has 3 aromatic rings. The van der Waals surface area contributed by atoms with Gasteiger partial charge in [-0.2, -0.15) is 5.10 Å². The standard InChI is InChI=1S/C19H20BrN7OS/c1-12-3-8-16(9-13(12)2)23-17(28)11-29-19-26-25-18(27(19)21)24-22-10-14-4-6-15(20)7-5-14/h3-10H,11,21H2,1-2H3,(H,23,28)(H,24,25)/b22-10+. The average Bonchev–Trinajstić information content (AvgIpc) is 3.04. The van der Waals surface area contributed by atoms with E-state index in [1.165, 1.54) is 22.0 Å². The van der Waals surface area contributed by atoms with Gasteiger partial charge in [-0.05, 0) is 54.8 Å². The topological polar surface area (TPSA) is 110 Å². The van der Waals surface area contributed by atoms with Gasteiger partial charge in [0.2, 0.25) is 11.1 Å². The number of hydrazone groups is 1. The number of hydrogen-bond donors (Lipinski definition) is 3. The van der Waals surface area contributed by atoms with Gasteiger partial charge in [0.15, 0.2) is 0 Å². The number of thioether (sulfide) groups is 1. The monoisotopic (exact) mass is 473 g/mol. The van der Waals surface area contributed by atoms with Crippen LogP contribution in [0.1, 0.15) is 16.7 Å². The van der Waals surface area contributed by atoms with E-state index in [-0.39, 0.29) is 17.6 Å². The zero-order valence-corrected chi connectivity index (χ0v) is 18.3. The first kappa shape index (κ1) is 20.9. The first-order valence-corrected chi connectivity index (χ1v) is 10.5. The van der Waals surface area contributed by atoms with Crippen molar-refractivity contribution in [3.63, 3.8) is 0 Å². The molecule has 0 radical (unpaired) electrons. The van der Waals surface area contributed by atoms with E-state index in [0.717, 1.165) is 21.3 Å². The van der Waals surface area contributed by atoms with E-state index in [1.807, 2.05) is 56.3 Å². The maximum atomic E-state index is 12.2. The largest absolute Gasteiger partial charge is 0.334 e.